The van der Waals surface area contributed by atoms with E-state index in [1.807, 2.05) is 31.2 Å². The zero-order chi connectivity index (χ0) is 17.2. The quantitative estimate of drug-likeness (QED) is 0.734. The largest absolute Gasteiger partial charge is 0.442 e. The third kappa shape index (κ3) is 3.61. The summed E-state index contributed by atoms with van der Waals surface area (Å²) >= 11 is 0. The van der Waals surface area contributed by atoms with Gasteiger partial charge in [-0.25, -0.2) is 18.2 Å². The Labute approximate surface area is 138 Å². The Hall–Kier alpha value is -2.71. The Balaban J connectivity index is 1.76. The van der Waals surface area contributed by atoms with E-state index in [9.17, 15) is 13.2 Å². The van der Waals surface area contributed by atoms with Crippen LogP contribution in [-0.2, 0) is 16.6 Å². The van der Waals surface area contributed by atoms with Gasteiger partial charge < -0.3 is 4.42 Å². The van der Waals surface area contributed by atoms with E-state index in [-0.39, 0.29) is 23.0 Å². The highest BCUT2D eigenvalue weighted by molar-refractivity contribution is 7.89. The molecule has 2 aromatic heterocycles. The van der Waals surface area contributed by atoms with E-state index in [0.29, 0.717) is 5.69 Å². The molecule has 2 heterocycles. The van der Waals surface area contributed by atoms with E-state index in [1.54, 1.807) is 0 Å². The summed E-state index contributed by atoms with van der Waals surface area (Å²) < 4.78 is 32.4. The summed E-state index contributed by atoms with van der Waals surface area (Å²) in [5, 5.41) is 5.86. The topological polar surface area (TPSA) is 105 Å². The number of aromatic nitrogens is 2. The number of benzene rings is 1. The SMILES string of the molecule is Cc1ccc(CNS(=O)(=O)c2ccc(-c3ccc(=O)[nH]n3)o2)cc1. The molecule has 3 aromatic rings. The molecule has 0 bridgehead atoms. The van der Waals surface area contributed by atoms with Gasteiger partial charge in [0.25, 0.3) is 15.6 Å². The van der Waals surface area contributed by atoms with Gasteiger partial charge in [0.2, 0.25) is 5.09 Å². The number of nitrogens with zero attached hydrogens (tertiary/aromatic N) is 1. The molecule has 0 atom stereocenters. The van der Waals surface area contributed by atoms with Crippen LogP contribution in [0.3, 0.4) is 0 Å². The van der Waals surface area contributed by atoms with Crippen molar-refractivity contribution in [2.45, 2.75) is 18.6 Å². The van der Waals surface area contributed by atoms with E-state index >= 15 is 0 Å². The Bertz CT molecular complexity index is 984. The molecule has 8 heteroatoms. The van der Waals surface area contributed by atoms with Crippen molar-refractivity contribution in [1.82, 2.24) is 14.9 Å². The minimum absolute atomic E-state index is 0.162. The van der Waals surface area contributed by atoms with E-state index in [0.717, 1.165) is 11.1 Å². The number of sulfonamides is 1. The second-order valence-corrected chi connectivity index (χ2v) is 6.93. The Morgan fingerprint density at radius 1 is 1.08 bits per heavy atom. The first-order valence-corrected chi connectivity index (χ1v) is 8.63. The van der Waals surface area contributed by atoms with Crippen LogP contribution < -0.4 is 10.3 Å². The van der Waals surface area contributed by atoms with Crippen molar-refractivity contribution in [2.24, 2.45) is 0 Å². The molecule has 0 saturated carbocycles. The summed E-state index contributed by atoms with van der Waals surface area (Å²) in [6, 6.07) is 13.1. The molecule has 0 spiro atoms. The summed E-state index contributed by atoms with van der Waals surface area (Å²) in [5.41, 5.74) is 1.94. The average Bonchev–Trinajstić information content (AvgIpc) is 3.06. The Morgan fingerprint density at radius 3 is 2.50 bits per heavy atom. The number of aryl methyl sites for hydroxylation is 1. The van der Waals surface area contributed by atoms with Crippen LogP contribution in [0.4, 0.5) is 0 Å². The summed E-state index contributed by atoms with van der Waals surface area (Å²) in [6.45, 7) is 2.12. The second-order valence-electron chi connectivity index (χ2n) is 5.24. The van der Waals surface area contributed by atoms with Crippen LogP contribution in [0.25, 0.3) is 11.5 Å². The molecule has 3 rings (SSSR count). The fraction of sp³-hybridized carbons (Fsp3) is 0.125. The molecule has 0 radical (unpaired) electrons. The third-order valence-electron chi connectivity index (χ3n) is 3.36. The van der Waals surface area contributed by atoms with Crippen LogP contribution in [0.5, 0.6) is 0 Å². The average molecular weight is 345 g/mol. The van der Waals surface area contributed by atoms with Crippen LogP contribution in [0.15, 0.2) is 62.8 Å². The molecule has 24 heavy (non-hydrogen) atoms. The zero-order valence-corrected chi connectivity index (χ0v) is 13.6. The minimum Gasteiger partial charge on any atom is -0.442 e. The lowest BCUT2D eigenvalue weighted by Gasteiger charge is -2.05. The predicted molar refractivity (Wildman–Crippen MR) is 87.8 cm³/mol. The minimum atomic E-state index is -3.78. The van der Waals surface area contributed by atoms with Crippen LogP contribution in [0.2, 0.25) is 0 Å². The Kier molecular flexibility index (Phi) is 4.32. The second kappa shape index (κ2) is 6.42. The van der Waals surface area contributed by atoms with Crippen molar-refractivity contribution >= 4 is 10.0 Å². The van der Waals surface area contributed by atoms with Gasteiger partial charge in [-0.05, 0) is 30.7 Å². The highest BCUT2D eigenvalue weighted by Crippen LogP contribution is 2.22. The number of hydrogen-bond donors (Lipinski definition) is 2. The molecule has 124 valence electrons. The lowest BCUT2D eigenvalue weighted by molar-refractivity contribution is 0.454. The van der Waals surface area contributed by atoms with Crippen molar-refractivity contribution in [3.63, 3.8) is 0 Å². The smallest absolute Gasteiger partial charge is 0.274 e. The molecule has 0 aliphatic carbocycles. The maximum atomic E-state index is 12.3. The highest BCUT2D eigenvalue weighted by atomic mass is 32.2. The number of rotatable bonds is 5. The van der Waals surface area contributed by atoms with Gasteiger partial charge in [0.05, 0.1) is 0 Å². The van der Waals surface area contributed by atoms with Crippen LogP contribution in [0, 0.1) is 6.92 Å². The molecule has 7 nitrogen and oxygen atoms in total. The third-order valence-corrected chi connectivity index (χ3v) is 4.64. The fourth-order valence-corrected chi connectivity index (χ4v) is 2.98. The van der Waals surface area contributed by atoms with Gasteiger partial charge in [-0.15, -0.1) is 0 Å². The number of aromatic amines is 1. The van der Waals surface area contributed by atoms with Gasteiger partial charge in [0, 0.05) is 12.6 Å². The van der Waals surface area contributed by atoms with Crippen LogP contribution >= 0.6 is 0 Å². The molecule has 0 aliphatic heterocycles. The molecule has 2 N–H and O–H groups in total. The molecule has 0 saturated heterocycles. The van der Waals surface area contributed by atoms with Crippen LogP contribution in [0.1, 0.15) is 11.1 Å². The van der Waals surface area contributed by atoms with E-state index in [4.69, 9.17) is 4.42 Å². The number of furan rings is 1. The summed E-state index contributed by atoms with van der Waals surface area (Å²) in [7, 11) is -3.78. The van der Waals surface area contributed by atoms with Crippen LogP contribution in [-0.4, -0.2) is 18.6 Å². The standard InChI is InChI=1S/C16H15N3O4S/c1-11-2-4-12(5-3-11)10-17-24(21,22)16-9-7-14(23-16)13-6-8-15(20)19-18-13/h2-9,17H,10H2,1H3,(H,19,20). The van der Waals surface area contributed by atoms with Crippen molar-refractivity contribution in [3.8, 4) is 11.5 Å². The van der Waals surface area contributed by atoms with Crippen molar-refractivity contribution in [3.05, 3.63) is 70.0 Å². The first-order valence-electron chi connectivity index (χ1n) is 7.15. The van der Waals surface area contributed by atoms with Gasteiger partial charge in [0.1, 0.15) is 5.69 Å². The fourth-order valence-electron chi connectivity index (χ4n) is 2.04. The summed E-state index contributed by atoms with van der Waals surface area (Å²) in [6.07, 6.45) is 0. The van der Waals surface area contributed by atoms with Gasteiger partial charge in [-0.3, -0.25) is 4.79 Å². The highest BCUT2D eigenvalue weighted by Gasteiger charge is 2.19. The Morgan fingerprint density at radius 2 is 1.83 bits per heavy atom. The lowest BCUT2D eigenvalue weighted by atomic mass is 10.2. The lowest BCUT2D eigenvalue weighted by Crippen LogP contribution is -2.22. The summed E-state index contributed by atoms with van der Waals surface area (Å²) in [5.74, 6) is 0.252. The van der Waals surface area contributed by atoms with E-state index in [1.165, 1.54) is 24.3 Å². The number of hydrogen-bond acceptors (Lipinski definition) is 5. The van der Waals surface area contributed by atoms with Gasteiger partial charge in [0.15, 0.2) is 5.76 Å². The van der Waals surface area contributed by atoms with Gasteiger partial charge in [-0.1, -0.05) is 29.8 Å². The monoisotopic (exact) mass is 345 g/mol. The number of H-pyrrole nitrogens is 1. The van der Waals surface area contributed by atoms with E-state index < -0.39 is 10.0 Å². The molecule has 0 fully saturated rings. The first-order chi connectivity index (χ1) is 11.4. The maximum Gasteiger partial charge on any atom is 0.274 e. The molecule has 1 aromatic carbocycles. The molecule has 0 aliphatic rings. The molecular weight excluding hydrogens is 330 g/mol. The predicted octanol–water partition coefficient (Wildman–Crippen LogP) is 1.82. The molecular formula is C16H15N3O4S. The first kappa shape index (κ1) is 16.2. The van der Waals surface area contributed by atoms with Gasteiger partial charge in [-0.2, -0.15) is 5.10 Å². The van der Waals surface area contributed by atoms with E-state index in [2.05, 4.69) is 14.9 Å². The van der Waals surface area contributed by atoms with Gasteiger partial charge >= 0.3 is 0 Å². The molecule has 0 amide bonds. The van der Waals surface area contributed by atoms with Crippen molar-refractivity contribution in [1.29, 1.82) is 0 Å². The normalized spacial score (nSPS) is 11.5. The van der Waals surface area contributed by atoms with Crippen molar-refractivity contribution < 1.29 is 12.8 Å². The molecule has 0 unspecified atom stereocenters. The zero-order valence-electron chi connectivity index (χ0n) is 12.8. The van der Waals surface area contributed by atoms with Crippen molar-refractivity contribution in [2.75, 3.05) is 0 Å². The summed E-state index contributed by atoms with van der Waals surface area (Å²) in [4.78, 5) is 11.0. The number of nitrogens with one attached hydrogen (secondary N) is 2. The maximum absolute atomic E-state index is 12.3.